The zero-order valence-corrected chi connectivity index (χ0v) is 19.2. The highest BCUT2D eigenvalue weighted by Crippen LogP contribution is 2.35. The zero-order valence-electron chi connectivity index (χ0n) is 16.0. The Kier molecular flexibility index (Phi) is 6.53. The Morgan fingerprint density at radius 3 is 2.77 bits per heavy atom. The lowest BCUT2D eigenvalue weighted by Crippen LogP contribution is -2.24. The number of hydrogen-bond donors (Lipinski definition) is 1. The van der Waals surface area contributed by atoms with E-state index in [0.29, 0.717) is 27.4 Å². The predicted octanol–water partition coefficient (Wildman–Crippen LogP) is 5.56. The summed E-state index contributed by atoms with van der Waals surface area (Å²) < 4.78 is 1.59. The number of aryl methyl sites for hydroxylation is 2. The lowest BCUT2D eigenvalue weighted by atomic mass is 9.97. The molecule has 0 radical (unpaired) electrons. The molecule has 4 rings (SSSR count). The number of carbonyl (C=O) groups is 1. The number of halogens is 2. The van der Waals surface area contributed by atoms with Gasteiger partial charge < -0.3 is 5.32 Å². The summed E-state index contributed by atoms with van der Waals surface area (Å²) in [4.78, 5) is 32.5. The molecule has 1 amide bonds. The van der Waals surface area contributed by atoms with Crippen LogP contribution in [0.3, 0.4) is 0 Å². The molecule has 0 atom stereocenters. The molecule has 0 fully saturated rings. The summed E-state index contributed by atoms with van der Waals surface area (Å²) in [5.41, 5.74) is 1.47. The van der Waals surface area contributed by atoms with E-state index in [1.807, 2.05) is 0 Å². The minimum absolute atomic E-state index is 0.0589. The molecule has 0 aliphatic heterocycles. The summed E-state index contributed by atoms with van der Waals surface area (Å²) in [6.45, 7) is 4.10. The summed E-state index contributed by atoms with van der Waals surface area (Å²) in [5, 5.41) is 4.71. The van der Waals surface area contributed by atoms with Gasteiger partial charge >= 0.3 is 0 Å². The van der Waals surface area contributed by atoms with Gasteiger partial charge in [-0.05, 0) is 43.4 Å². The summed E-state index contributed by atoms with van der Waals surface area (Å²) in [7, 11) is 0. The fraction of sp³-hybridized carbons (Fsp3) is 0.286. The Morgan fingerprint density at radius 1 is 1.30 bits per heavy atom. The number of nitrogens with one attached hydrogen (secondary N) is 1. The number of benzene rings is 1. The first kappa shape index (κ1) is 21.4. The van der Waals surface area contributed by atoms with E-state index in [9.17, 15) is 9.59 Å². The van der Waals surface area contributed by atoms with Gasteiger partial charge in [0.15, 0.2) is 5.16 Å². The quantitative estimate of drug-likeness (QED) is 0.285. The number of allylic oxidation sites excluding steroid dienone is 1. The second-order valence-corrected chi connectivity index (χ2v) is 9.76. The number of anilines is 1. The topological polar surface area (TPSA) is 64.0 Å². The fourth-order valence-electron chi connectivity index (χ4n) is 3.54. The molecule has 2 heterocycles. The minimum Gasteiger partial charge on any atom is -0.323 e. The molecule has 9 heteroatoms. The minimum atomic E-state index is -0.278. The number of rotatable bonds is 6. The summed E-state index contributed by atoms with van der Waals surface area (Å²) >= 11 is 15.0. The smallest absolute Gasteiger partial charge is 0.263 e. The molecule has 0 bridgehead atoms. The molecule has 0 unspecified atom stereocenters. The molecule has 1 N–H and O–H groups in total. The number of thiophene rings is 1. The van der Waals surface area contributed by atoms with Crippen molar-refractivity contribution in [2.45, 2.75) is 37.4 Å². The van der Waals surface area contributed by atoms with E-state index in [1.54, 1.807) is 40.2 Å². The molecule has 1 aromatic carbocycles. The van der Waals surface area contributed by atoms with Crippen molar-refractivity contribution in [3.05, 3.63) is 61.7 Å². The number of fused-ring (bicyclic) bond motifs is 3. The number of nitrogens with zero attached hydrogens (tertiary/aromatic N) is 2. The second kappa shape index (κ2) is 9.14. The van der Waals surface area contributed by atoms with E-state index in [-0.39, 0.29) is 17.2 Å². The van der Waals surface area contributed by atoms with Gasteiger partial charge in [0.25, 0.3) is 5.56 Å². The van der Waals surface area contributed by atoms with Gasteiger partial charge in [-0.3, -0.25) is 14.2 Å². The number of hydrogen-bond acceptors (Lipinski definition) is 5. The van der Waals surface area contributed by atoms with E-state index in [4.69, 9.17) is 28.2 Å². The third-order valence-corrected chi connectivity index (χ3v) is 7.70. The van der Waals surface area contributed by atoms with Gasteiger partial charge in [0.2, 0.25) is 5.91 Å². The van der Waals surface area contributed by atoms with Gasteiger partial charge in [-0.1, -0.05) is 47.1 Å². The van der Waals surface area contributed by atoms with Crippen LogP contribution in [0.15, 0.2) is 40.8 Å². The van der Waals surface area contributed by atoms with Crippen LogP contribution in [0, 0.1) is 0 Å². The third-order valence-electron chi connectivity index (χ3n) is 4.91. The molecule has 1 aliphatic rings. The summed E-state index contributed by atoms with van der Waals surface area (Å²) in [5.74, 6) is -0.207. The number of para-hydroxylation sites is 1. The molecule has 2 aromatic heterocycles. The van der Waals surface area contributed by atoms with Crippen molar-refractivity contribution in [2.75, 3.05) is 11.1 Å². The van der Waals surface area contributed by atoms with Gasteiger partial charge in [-0.25, -0.2) is 4.98 Å². The highest BCUT2D eigenvalue weighted by molar-refractivity contribution is 7.99. The molecule has 0 saturated carbocycles. The summed E-state index contributed by atoms with van der Waals surface area (Å²) in [6, 6.07) is 5.03. The number of thioether (sulfide) groups is 1. The average molecular weight is 480 g/mol. The van der Waals surface area contributed by atoms with Crippen molar-refractivity contribution in [2.24, 2.45) is 0 Å². The predicted molar refractivity (Wildman–Crippen MR) is 127 cm³/mol. The standard InChI is InChI=1S/C21H19Cl2N3O2S2/c1-2-10-26-20(28)17-12-6-3-4-9-15(12)30-19(17)25-21(26)29-11-16(27)24-18-13(22)7-5-8-14(18)23/h2,5,7-8H,1,3-4,6,9-11H2,(H,24,27). The van der Waals surface area contributed by atoms with Crippen LogP contribution in [0.4, 0.5) is 5.69 Å². The van der Waals surface area contributed by atoms with Crippen molar-refractivity contribution >= 4 is 68.1 Å². The van der Waals surface area contributed by atoms with E-state index < -0.39 is 0 Å². The first-order valence-corrected chi connectivity index (χ1v) is 12.1. The van der Waals surface area contributed by atoms with Crippen LogP contribution in [0.5, 0.6) is 0 Å². The molecule has 1 aliphatic carbocycles. The highest BCUT2D eigenvalue weighted by Gasteiger charge is 2.22. The fourth-order valence-corrected chi connectivity index (χ4v) is 6.15. The lowest BCUT2D eigenvalue weighted by Gasteiger charge is -2.13. The van der Waals surface area contributed by atoms with E-state index in [1.165, 1.54) is 16.6 Å². The van der Waals surface area contributed by atoms with Crippen molar-refractivity contribution in [3.63, 3.8) is 0 Å². The SMILES string of the molecule is C=CCn1c(SCC(=O)Nc2c(Cl)cccc2Cl)nc2sc3c(c2c1=O)CCCC3. The molecule has 0 spiro atoms. The number of amides is 1. The lowest BCUT2D eigenvalue weighted by molar-refractivity contribution is -0.113. The summed E-state index contributed by atoms with van der Waals surface area (Å²) in [6.07, 6.45) is 5.84. The Morgan fingerprint density at radius 2 is 2.03 bits per heavy atom. The molecule has 30 heavy (non-hydrogen) atoms. The molecule has 0 saturated heterocycles. The van der Waals surface area contributed by atoms with Crippen molar-refractivity contribution in [1.82, 2.24) is 9.55 Å². The maximum Gasteiger partial charge on any atom is 0.263 e. The maximum absolute atomic E-state index is 13.2. The molecule has 3 aromatic rings. The second-order valence-electron chi connectivity index (χ2n) is 6.92. The normalized spacial score (nSPS) is 13.3. The first-order chi connectivity index (χ1) is 14.5. The van der Waals surface area contributed by atoms with E-state index >= 15 is 0 Å². The van der Waals surface area contributed by atoms with Crippen molar-refractivity contribution in [3.8, 4) is 0 Å². The van der Waals surface area contributed by atoms with Gasteiger partial charge in [0.1, 0.15) is 4.83 Å². The molecular formula is C21H19Cl2N3O2S2. The zero-order chi connectivity index (χ0) is 21.3. The van der Waals surface area contributed by atoms with Crippen LogP contribution in [0.25, 0.3) is 10.2 Å². The van der Waals surface area contributed by atoms with Crippen LogP contribution >= 0.6 is 46.3 Å². The maximum atomic E-state index is 13.2. The molecule has 156 valence electrons. The Hall–Kier alpha value is -1.80. The van der Waals surface area contributed by atoms with Crippen molar-refractivity contribution < 1.29 is 4.79 Å². The molecule has 5 nitrogen and oxygen atoms in total. The van der Waals surface area contributed by atoms with Gasteiger partial charge in [0.05, 0.1) is 26.9 Å². The van der Waals surface area contributed by atoms with Crippen LogP contribution in [0.2, 0.25) is 10.0 Å². The monoisotopic (exact) mass is 479 g/mol. The number of carbonyl (C=O) groups excluding carboxylic acids is 1. The Balaban J connectivity index is 1.62. The van der Waals surface area contributed by atoms with Gasteiger partial charge in [-0.2, -0.15) is 0 Å². The average Bonchev–Trinajstić information content (AvgIpc) is 3.10. The van der Waals surface area contributed by atoms with E-state index in [2.05, 4.69) is 11.9 Å². The van der Waals surface area contributed by atoms with Crippen LogP contribution in [0.1, 0.15) is 23.3 Å². The molecular weight excluding hydrogens is 461 g/mol. The van der Waals surface area contributed by atoms with Crippen molar-refractivity contribution in [1.29, 1.82) is 0 Å². The van der Waals surface area contributed by atoms with E-state index in [0.717, 1.165) is 41.5 Å². The Bertz CT molecular complexity index is 1180. The van der Waals surface area contributed by atoms with Gasteiger partial charge in [0, 0.05) is 11.4 Å². The van der Waals surface area contributed by atoms with Crippen LogP contribution < -0.4 is 10.9 Å². The largest absolute Gasteiger partial charge is 0.323 e. The highest BCUT2D eigenvalue weighted by atomic mass is 35.5. The van der Waals surface area contributed by atoms with Crippen LogP contribution in [-0.4, -0.2) is 21.2 Å². The number of aromatic nitrogens is 2. The van der Waals surface area contributed by atoms with Crippen LogP contribution in [-0.2, 0) is 24.2 Å². The first-order valence-electron chi connectivity index (χ1n) is 9.52. The Labute approximate surface area is 192 Å². The third kappa shape index (κ3) is 4.17. The van der Waals surface area contributed by atoms with Gasteiger partial charge in [-0.15, -0.1) is 17.9 Å².